The molecule has 2 rings (SSSR count). The van der Waals surface area contributed by atoms with Gasteiger partial charge in [0.05, 0.1) is 5.69 Å². The van der Waals surface area contributed by atoms with Crippen LogP contribution in [0.25, 0.3) is 6.08 Å². The van der Waals surface area contributed by atoms with Gasteiger partial charge in [-0.25, -0.2) is 14.2 Å². The Morgan fingerprint density at radius 2 is 2.25 bits per heavy atom. The number of carboxylic acid groups (broad SMARTS) is 1. The molecule has 0 bridgehead atoms. The summed E-state index contributed by atoms with van der Waals surface area (Å²) in [5.74, 6) is -1.31. The van der Waals surface area contributed by atoms with E-state index in [4.69, 9.17) is 10.8 Å². The van der Waals surface area contributed by atoms with E-state index in [-0.39, 0.29) is 17.8 Å². The number of carbonyl (C=O) groups is 1. The second-order valence-electron chi connectivity index (χ2n) is 3.46. The summed E-state index contributed by atoms with van der Waals surface area (Å²) in [5.41, 5.74) is 6.61. The van der Waals surface area contributed by atoms with Crippen LogP contribution in [-0.4, -0.2) is 16.9 Å². The van der Waals surface area contributed by atoms with Crippen LogP contribution in [0.15, 0.2) is 28.8 Å². The molecular formula is C11H9FN2O2. The Balaban J connectivity index is 2.60. The largest absolute Gasteiger partial charge is 0.478 e. The first kappa shape index (κ1) is 10.4. The fourth-order valence-corrected chi connectivity index (χ4v) is 1.50. The number of nitrogens with zero attached hydrogens (tertiary/aromatic N) is 1. The Hall–Kier alpha value is -2.17. The van der Waals surface area contributed by atoms with E-state index in [9.17, 15) is 9.18 Å². The maximum Gasteiger partial charge on any atom is 0.332 e. The summed E-state index contributed by atoms with van der Waals surface area (Å²) in [6.45, 7) is 0. The second-order valence-corrected chi connectivity index (χ2v) is 3.46. The number of hydrogen-bond donors (Lipinski definition) is 2. The van der Waals surface area contributed by atoms with Gasteiger partial charge in [-0.2, -0.15) is 0 Å². The van der Waals surface area contributed by atoms with E-state index in [0.29, 0.717) is 11.3 Å². The third-order valence-electron chi connectivity index (χ3n) is 2.23. The lowest BCUT2D eigenvalue weighted by Gasteiger charge is -1.99. The molecule has 0 saturated heterocycles. The third-order valence-corrected chi connectivity index (χ3v) is 2.23. The number of carboxylic acids is 1. The highest BCUT2D eigenvalue weighted by atomic mass is 19.1. The summed E-state index contributed by atoms with van der Waals surface area (Å²) < 4.78 is 13.0. The SMILES string of the molecule is NC1=Nc2cc(F)ccc2C=C(C(=O)O)C1. The van der Waals surface area contributed by atoms with Crippen molar-refractivity contribution in [2.24, 2.45) is 10.7 Å². The van der Waals surface area contributed by atoms with Crippen molar-refractivity contribution in [3.8, 4) is 0 Å². The van der Waals surface area contributed by atoms with E-state index < -0.39 is 11.8 Å². The van der Waals surface area contributed by atoms with Gasteiger partial charge in [0.2, 0.25) is 0 Å². The van der Waals surface area contributed by atoms with Crippen molar-refractivity contribution in [1.82, 2.24) is 0 Å². The Bertz CT molecular complexity index is 521. The van der Waals surface area contributed by atoms with Gasteiger partial charge in [-0.05, 0) is 18.2 Å². The molecule has 0 unspecified atom stereocenters. The molecule has 5 heteroatoms. The highest BCUT2D eigenvalue weighted by Crippen LogP contribution is 2.26. The zero-order valence-corrected chi connectivity index (χ0v) is 8.27. The molecule has 3 N–H and O–H groups in total. The van der Waals surface area contributed by atoms with Crippen molar-refractivity contribution in [1.29, 1.82) is 0 Å². The maximum absolute atomic E-state index is 13.0. The highest BCUT2D eigenvalue weighted by molar-refractivity contribution is 6.02. The van der Waals surface area contributed by atoms with Gasteiger partial charge in [-0.3, -0.25) is 0 Å². The highest BCUT2D eigenvalue weighted by Gasteiger charge is 2.15. The molecule has 4 nitrogen and oxygen atoms in total. The maximum atomic E-state index is 13.0. The van der Waals surface area contributed by atoms with Gasteiger partial charge in [0.25, 0.3) is 0 Å². The van der Waals surface area contributed by atoms with E-state index in [2.05, 4.69) is 4.99 Å². The predicted octanol–water partition coefficient (Wildman–Crippen LogP) is 1.69. The van der Waals surface area contributed by atoms with Crippen molar-refractivity contribution in [2.45, 2.75) is 6.42 Å². The summed E-state index contributed by atoms with van der Waals surface area (Å²) >= 11 is 0. The lowest BCUT2D eigenvalue weighted by molar-refractivity contribution is -0.132. The Labute approximate surface area is 90.9 Å². The topological polar surface area (TPSA) is 75.7 Å². The molecule has 0 saturated carbocycles. The van der Waals surface area contributed by atoms with Gasteiger partial charge in [0.15, 0.2) is 0 Å². The molecule has 1 aliphatic rings. The first-order valence-corrected chi connectivity index (χ1v) is 4.63. The molecule has 0 spiro atoms. The smallest absolute Gasteiger partial charge is 0.332 e. The van der Waals surface area contributed by atoms with Crippen molar-refractivity contribution >= 4 is 23.6 Å². The quantitative estimate of drug-likeness (QED) is 0.756. The van der Waals surface area contributed by atoms with Crippen molar-refractivity contribution in [3.05, 3.63) is 35.2 Å². The minimum absolute atomic E-state index is 0.0611. The number of fused-ring (bicyclic) bond motifs is 1. The number of rotatable bonds is 1. The average molecular weight is 220 g/mol. The van der Waals surface area contributed by atoms with Crippen LogP contribution in [-0.2, 0) is 4.79 Å². The van der Waals surface area contributed by atoms with Crippen molar-refractivity contribution in [3.63, 3.8) is 0 Å². The van der Waals surface area contributed by atoms with Crippen molar-refractivity contribution < 1.29 is 14.3 Å². The number of benzene rings is 1. The predicted molar refractivity (Wildman–Crippen MR) is 57.9 cm³/mol. The van der Waals surface area contributed by atoms with Gasteiger partial charge in [0, 0.05) is 23.6 Å². The number of amidine groups is 1. The molecular weight excluding hydrogens is 211 g/mol. The van der Waals surface area contributed by atoms with Gasteiger partial charge in [0.1, 0.15) is 11.7 Å². The normalized spacial score (nSPS) is 14.6. The molecule has 1 heterocycles. The molecule has 0 aliphatic carbocycles. The molecule has 0 atom stereocenters. The lowest BCUT2D eigenvalue weighted by Crippen LogP contribution is -2.14. The van der Waals surface area contributed by atoms with Crippen LogP contribution >= 0.6 is 0 Å². The summed E-state index contributed by atoms with van der Waals surface area (Å²) in [7, 11) is 0. The van der Waals surface area contributed by atoms with Gasteiger partial charge >= 0.3 is 5.97 Å². The van der Waals surface area contributed by atoms with Crippen LogP contribution in [0.1, 0.15) is 12.0 Å². The average Bonchev–Trinajstić information content (AvgIpc) is 2.35. The minimum atomic E-state index is -1.05. The fraction of sp³-hybridized carbons (Fsp3) is 0.0909. The molecule has 0 amide bonds. The van der Waals surface area contributed by atoms with E-state index in [1.165, 1.54) is 24.3 Å². The van der Waals surface area contributed by atoms with Crippen LogP contribution in [0, 0.1) is 5.82 Å². The van der Waals surface area contributed by atoms with Crippen LogP contribution in [0.3, 0.4) is 0 Å². The zero-order chi connectivity index (χ0) is 11.7. The minimum Gasteiger partial charge on any atom is -0.478 e. The number of hydrogen-bond acceptors (Lipinski definition) is 3. The monoisotopic (exact) mass is 220 g/mol. The van der Waals surface area contributed by atoms with E-state index >= 15 is 0 Å². The molecule has 0 radical (unpaired) electrons. The fourth-order valence-electron chi connectivity index (χ4n) is 1.50. The number of aliphatic imine (C=N–C) groups is 1. The molecule has 0 fully saturated rings. The zero-order valence-electron chi connectivity index (χ0n) is 8.27. The first-order chi connectivity index (χ1) is 7.56. The molecule has 1 aromatic rings. The summed E-state index contributed by atoms with van der Waals surface area (Å²) in [4.78, 5) is 14.8. The molecule has 0 aromatic heterocycles. The van der Waals surface area contributed by atoms with Crippen LogP contribution in [0.4, 0.5) is 10.1 Å². The Morgan fingerprint density at radius 3 is 2.94 bits per heavy atom. The van der Waals surface area contributed by atoms with Crippen LogP contribution in [0.5, 0.6) is 0 Å². The van der Waals surface area contributed by atoms with E-state index in [0.717, 1.165) is 0 Å². The van der Waals surface area contributed by atoms with E-state index in [1.54, 1.807) is 0 Å². The standard InChI is InChI=1S/C11H9FN2O2/c12-8-2-1-6-3-7(11(15)16)4-10(13)14-9(6)5-8/h1-3,5H,4H2,(H2,13,14)(H,15,16). The third kappa shape index (κ3) is 1.93. The van der Waals surface area contributed by atoms with Gasteiger partial charge in [-0.1, -0.05) is 0 Å². The van der Waals surface area contributed by atoms with Crippen LogP contribution in [0.2, 0.25) is 0 Å². The van der Waals surface area contributed by atoms with Crippen LogP contribution < -0.4 is 5.73 Å². The Morgan fingerprint density at radius 1 is 1.50 bits per heavy atom. The first-order valence-electron chi connectivity index (χ1n) is 4.63. The van der Waals surface area contributed by atoms with Crippen molar-refractivity contribution in [2.75, 3.05) is 0 Å². The lowest BCUT2D eigenvalue weighted by atomic mass is 10.1. The molecule has 82 valence electrons. The summed E-state index contributed by atoms with van der Waals surface area (Å²) in [5, 5.41) is 8.91. The van der Waals surface area contributed by atoms with Gasteiger partial charge < -0.3 is 10.8 Å². The number of nitrogens with two attached hydrogens (primary N) is 1. The second kappa shape index (κ2) is 3.77. The number of aliphatic carboxylic acids is 1. The van der Waals surface area contributed by atoms with Gasteiger partial charge in [-0.15, -0.1) is 0 Å². The Kier molecular flexibility index (Phi) is 2.44. The van der Waals surface area contributed by atoms with E-state index in [1.807, 2.05) is 0 Å². The summed E-state index contributed by atoms with van der Waals surface area (Å²) in [6.07, 6.45) is 1.52. The molecule has 1 aromatic carbocycles. The summed E-state index contributed by atoms with van der Waals surface area (Å²) in [6, 6.07) is 3.96. The number of halogens is 1. The molecule has 1 aliphatic heterocycles. The molecule has 16 heavy (non-hydrogen) atoms.